The number of amides is 1. The molecule has 21 heavy (non-hydrogen) atoms. The number of nitrogens with one attached hydrogen (secondary N) is 3. The molecule has 0 aliphatic carbocycles. The second-order valence-corrected chi connectivity index (χ2v) is 5.81. The highest BCUT2D eigenvalue weighted by Gasteiger charge is 2.50. The minimum Gasteiger partial charge on any atom is -0.380 e. The van der Waals surface area contributed by atoms with Gasteiger partial charge in [0.2, 0.25) is 5.91 Å². The highest BCUT2D eigenvalue weighted by atomic mass is 16.5. The van der Waals surface area contributed by atoms with Gasteiger partial charge in [0.15, 0.2) is 5.65 Å². The fourth-order valence-electron chi connectivity index (χ4n) is 3.33. The number of carbonyl (C=O) groups is 1. The zero-order chi connectivity index (χ0) is 14.3. The van der Waals surface area contributed by atoms with Crippen molar-refractivity contribution < 1.29 is 9.53 Å². The highest BCUT2D eigenvalue weighted by molar-refractivity contribution is 5.97. The number of ether oxygens (including phenoxy) is 1. The number of aromatic amines is 1. The Bertz CT molecular complexity index is 685. The molecule has 110 valence electrons. The first-order valence-electron chi connectivity index (χ1n) is 7.17. The number of nitrogens with zero attached hydrogens (tertiary/aromatic N) is 2. The number of pyridine rings is 1. The summed E-state index contributed by atoms with van der Waals surface area (Å²) in [6, 6.07) is 1.88. The third-order valence-corrected chi connectivity index (χ3v) is 4.58. The maximum Gasteiger partial charge on any atom is 0.234 e. The monoisotopic (exact) mass is 287 g/mol. The minimum atomic E-state index is -0.455. The van der Waals surface area contributed by atoms with E-state index in [0.29, 0.717) is 30.4 Å². The van der Waals surface area contributed by atoms with Crippen molar-refractivity contribution in [3.8, 4) is 0 Å². The van der Waals surface area contributed by atoms with Gasteiger partial charge in [0, 0.05) is 18.5 Å². The Morgan fingerprint density at radius 3 is 3.38 bits per heavy atom. The summed E-state index contributed by atoms with van der Waals surface area (Å²) in [5, 5.41) is 13.9. The quantitative estimate of drug-likeness (QED) is 0.749. The van der Waals surface area contributed by atoms with E-state index in [9.17, 15) is 4.79 Å². The topological polar surface area (TPSA) is 91.9 Å². The average Bonchev–Trinajstić information content (AvgIpc) is 3.13. The molecule has 2 aliphatic heterocycles. The molecule has 0 spiro atoms. The molecule has 0 unspecified atom stereocenters. The zero-order valence-electron chi connectivity index (χ0n) is 11.6. The lowest BCUT2D eigenvalue weighted by Gasteiger charge is -2.36. The fourth-order valence-corrected chi connectivity index (χ4v) is 3.33. The normalized spacial score (nSPS) is 28.5. The third-order valence-electron chi connectivity index (χ3n) is 4.58. The first-order valence-corrected chi connectivity index (χ1v) is 7.17. The maximum absolute atomic E-state index is 12.8. The van der Waals surface area contributed by atoms with Gasteiger partial charge in [-0.05, 0) is 24.9 Å². The van der Waals surface area contributed by atoms with Crippen molar-refractivity contribution >= 4 is 22.6 Å². The van der Waals surface area contributed by atoms with Crippen LogP contribution in [-0.4, -0.2) is 47.4 Å². The summed E-state index contributed by atoms with van der Waals surface area (Å²) < 4.78 is 5.57. The van der Waals surface area contributed by atoms with Crippen molar-refractivity contribution in [2.24, 2.45) is 11.3 Å². The van der Waals surface area contributed by atoms with Gasteiger partial charge in [-0.15, -0.1) is 0 Å². The smallest absolute Gasteiger partial charge is 0.234 e. The standard InChI is InChI=1S/C14H17N5O2/c20-13(14-7-15-5-10(14)1-2-21-8-14)18-11-3-9-4-17-19-12(9)16-6-11/h3-4,6,10,15H,1-2,5,7-8H2,(H,18,20)(H,16,17,19)/t10-,14+/m1/s1. The van der Waals surface area contributed by atoms with E-state index in [2.05, 4.69) is 25.8 Å². The van der Waals surface area contributed by atoms with E-state index >= 15 is 0 Å². The van der Waals surface area contributed by atoms with Crippen molar-refractivity contribution in [2.45, 2.75) is 6.42 Å². The van der Waals surface area contributed by atoms with Gasteiger partial charge in [-0.1, -0.05) is 0 Å². The summed E-state index contributed by atoms with van der Waals surface area (Å²) in [7, 11) is 0. The van der Waals surface area contributed by atoms with Crippen LogP contribution in [0.3, 0.4) is 0 Å². The number of H-pyrrole nitrogens is 1. The van der Waals surface area contributed by atoms with Gasteiger partial charge < -0.3 is 15.4 Å². The van der Waals surface area contributed by atoms with Crippen LogP contribution in [0.2, 0.25) is 0 Å². The van der Waals surface area contributed by atoms with Crippen LogP contribution < -0.4 is 10.6 Å². The van der Waals surface area contributed by atoms with Crippen molar-refractivity contribution in [2.75, 3.05) is 31.6 Å². The van der Waals surface area contributed by atoms with E-state index in [1.54, 1.807) is 12.4 Å². The molecule has 0 bridgehead atoms. The number of fused-ring (bicyclic) bond motifs is 2. The molecular formula is C14H17N5O2. The van der Waals surface area contributed by atoms with Crippen LogP contribution in [0.5, 0.6) is 0 Å². The summed E-state index contributed by atoms with van der Waals surface area (Å²) in [4.78, 5) is 17.0. The molecule has 2 aliphatic rings. The summed E-state index contributed by atoms with van der Waals surface area (Å²) in [5.74, 6) is 0.360. The van der Waals surface area contributed by atoms with Crippen molar-refractivity contribution in [1.29, 1.82) is 0 Å². The molecule has 7 nitrogen and oxygen atoms in total. The van der Waals surface area contributed by atoms with E-state index < -0.39 is 5.41 Å². The molecule has 0 radical (unpaired) electrons. The van der Waals surface area contributed by atoms with Crippen LogP contribution in [0.15, 0.2) is 18.5 Å². The predicted molar refractivity (Wildman–Crippen MR) is 76.7 cm³/mol. The van der Waals surface area contributed by atoms with Gasteiger partial charge in [0.05, 0.1) is 30.1 Å². The van der Waals surface area contributed by atoms with Crippen molar-refractivity contribution in [3.63, 3.8) is 0 Å². The Morgan fingerprint density at radius 2 is 2.43 bits per heavy atom. The lowest BCUT2D eigenvalue weighted by Crippen LogP contribution is -2.49. The molecule has 3 N–H and O–H groups in total. The van der Waals surface area contributed by atoms with E-state index in [1.165, 1.54) is 0 Å². The van der Waals surface area contributed by atoms with Gasteiger partial charge >= 0.3 is 0 Å². The molecule has 2 fully saturated rings. The molecule has 0 aromatic carbocycles. The fraction of sp³-hybridized carbons (Fsp3) is 0.500. The molecule has 4 heterocycles. The molecule has 2 aromatic rings. The number of aromatic nitrogens is 3. The molecule has 7 heteroatoms. The van der Waals surface area contributed by atoms with Gasteiger partial charge in [-0.3, -0.25) is 9.89 Å². The van der Waals surface area contributed by atoms with Gasteiger partial charge in [-0.25, -0.2) is 4.98 Å². The zero-order valence-corrected chi connectivity index (χ0v) is 11.6. The second-order valence-electron chi connectivity index (χ2n) is 5.81. The average molecular weight is 287 g/mol. The van der Waals surface area contributed by atoms with Gasteiger partial charge in [-0.2, -0.15) is 5.10 Å². The molecule has 0 saturated carbocycles. The first-order chi connectivity index (χ1) is 10.3. The Hall–Kier alpha value is -1.99. The minimum absolute atomic E-state index is 0.0156. The number of rotatable bonds is 2. The Kier molecular flexibility index (Phi) is 2.90. The highest BCUT2D eigenvalue weighted by Crippen LogP contribution is 2.38. The molecule has 1 amide bonds. The molecule has 4 rings (SSSR count). The summed E-state index contributed by atoms with van der Waals surface area (Å²) in [5.41, 5.74) is 0.955. The van der Waals surface area contributed by atoms with Crippen LogP contribution in [0.25, 0.3) is 11.0 Å². The third kappa shape index (κ3) is 2.00. The van der Waals surface area contributed by atoms with Gasteiger partial charge in [0.1, 0.15) is 0 Å². The Morgan fingerprint density at radius 1 is 1.48 bits per heavy atom. The number of anilines is 1. The van der Waals surface area contributed by atoms with Crippen molar-refractivity contribution in [3.05, 3.63) is 18.5 Å². The van der Waals surface area contributed by atoms with Crippen LogP contribution in [0.4, 0.5) is 5.69 Å². The molecular weight excluding hydrogens is 270 g/mol. The van der Waals surface area contributed by atoms with E-state index in [4.69, 9.17) is 4.74 Å². The van der Waals surface area contributed by atoms with Gasteiger partial charge in [0.25, 0.3) is 0 Å². The maximum atomic E-state index is 12.8. The number of hydrogen-bond acceptors (Lipinski definition) is 5. The first kappa shape index (κ1) is 12.7. The lowest BCUT2D eigenvalue weighted by atomic mass is 9.75. The van der Waals surface area contributed by atoms with Crippen LogP contribution >= 0.6 is 0 Å². The van der Waals surface area contributed by atoms with Crippen LogP contribution in [-0.2, 0) is 9.53 Å². The summed E-state index contributed by atoms with van der Waals surface area (Å²) in [6.45, 7) is 2.78. The second kappa shape index (κ2) is 4.78. The molecule has 2 atom stereocenters. The lowest BCUT2D eigenvalue weighted by molar-refractivity contribution is -0.135. The summed E-state index contributed by atoms with van der Waals surface area (Å²) >= 11 is 0. The van der Waals surface area contributed by atoms with E-state index in [1.807, 2.05) is 6.07 Å². The Labute approximate surface area is 121 Å². The SMILES string of the molecule is O=C(Nc1cnc2[nH]ncc2c1)[C@]12CNC[C@H]1CCOC2. The number of hydrogen-bond donors (Lipinski definition) is 3. The van der Waals surface area contributed by atoms with Crippen molar-refractivity contribution in [1.82, 2.24) is 20.5 Å². The Balaban J connectivity index is 1.59. The van der Waals surface area contributed by atoms with Crippen LogP contribution in [0.1, 0.15) is 6.42 Å². The van der Waals surface area contributed by atoms with E-state index in [-0.39, 0.29) is 5.91 Å². The molecule has 2 aromatic heterocycles. The largest absolute Gasteiger partial charge is 0.380 e. The summed E-state index contributed by atoms with van der Waals surface area (Å²) in [6.07, 6.45) is 4.27. The van der Waals surface area contributed by atoms with E-state index in [0.717, 1.165) is 25.0 Å². The molecule has 2 saturated heterocycles. The van der Waals surface area contributed by atoms with Crippen LogP contribution in [0, 0.1) is 11.3 Å². The number of carbonyl (C=O) groups excluding carboxylic acids is 1. The predicted octanol–water partition coefficient (Wildman–Crippen LogP) is 0.522.